The van der Waals surface area contributed by atoms with Crippen molar-refractivity contribution >= 4 is 5.69 Å². The van der Waals surface area contributed by atoms with Gasteiger partial charge in [0.05, 0.1) is 18.4 Å². The summed E-state index contributed by atoms with van der Waals surface area (Å²) in [5.41, 5.74) is 0.834. The van der Waals surface area contributed by atoms with E-state index in [1.807, 2.05) is 18.9 Å². The van der Waals surface area contributed by atoms with E-state index in [1.54, 1.807) is 12.3 Å². The van der Waals surface area contributed by atoms with E-state index >= 15 is 0 Å². The second kappa shape index (κ2) is 7.94. The van der Waals surface area contributed by atoms with Crippen LogP contribution in [0.1, 0.15) is 33.6 Å². The summed E-state index contributed by atoms with van der Waals surface area (Å²) in [7, 11) is 1.95. The van der Waals surface area contributed by atoms with Crippen LogP contribution in [0.2, 0.25) is 0 Å². The van der Waals surface area contributed by atoms with Crippen LogP contribution in [0.4, 0.5) is 5.69 Å². The Bertz CT molecular complexity index is 426. The minimum absolute atomic E-state index is 0.0378. The molecule has 0 amide bonds. The number of anilines is 1. The highest BCUT2D eigenvalue weighted by molar-refractivity contribution is 5.41. The first kappa shape index (κ1) is 15.7. The molecule has 0 aliphatic carbocycles. The Morgan fingerprint density at radius 2 is 2.05 bits per heavy atom. The molecule has 0 atom stereocenters. The predicted molar refractivity (Wildman–Crippen MR) is 79.8 cm³/mol. The molecule has 1 rings (SSSR count). The summed E-state index contributed by atoms with van der Waals surface area (Å²) < 4.78 is 1.52. The zero-order chi connectivity index (χ0) is 14.3. The van der Waals surface area contributed by atoms with Crippen molar-refractivity contribution in [3.63, 3.8) is 0 Å². The van der Waals surface area contributed by atoms with Gasteiger partial charge < -0.3 is 10.2 Å². The zero-order valence-corrected chi connectivity index (χ0v) is 12.5. The number of hydrogen-bond donors (Lipinski definition) is 1. The van der Waals surface area contributed by atoms with Crippen LogP contribution in [-0.4, -0.2) is 36.0 Å². The van der Waals surface area contributed by atoms with Gasteiger partial charge in [-0.2, -0.15) is 5.10 Å². The molecule has 1 aromatic heterocycles. The average Bonchev–Trinajstić information content (AvgIpc) is 2.44. The molecule has 1 N–H and O–H groups in total. The summed E-state index contributed by atoms with van der Waals surface area (Å²) in [6.45, 7) is 8.64. The van der Waals surface area contributed by atoms with Crippen molar-refractivity contribution in [1.29, 1.82) is 0 Å². The lowest BCUT2D eigenvalue weighted by molar-refractivity contribution is 0.447. The zero-order valence-electron chi connectivity index (χ0n) is 12.5. The fourth-order valence-corrected chi connectivity index (χ4v) is 1.94. The fourth-order valence-electron chi connectivity index (χ4n) is 1.94. The van der Waals surface area contributed by atoms with Gasteiger partial charge >= 0.3 is 0 Å². The monoisotopic (exact) mass is 266 g/mol. The standard InChI is InChI=1S/C14H26N4O/c1-5-12(6-2)15-8-9-18-14(19)10-13(11-16-18)17(4)7-3/h10-12,15H,5-9H2,1-4H3. The van der Waals surface area contributed by atoms with Gasteiger partial charge in [0.2, 0.25) is 0 Å². The molecule has 1 heterocycles. The molecule has 19 heavy (non-hydrogen) atoms. The molecule has 108 valence electrons. The number of nitrogens with zero attached hydrogens (tertiary/aromatic N) is 3. The largest absolute Gasteiger partial charge is 0.373 e. The summed E-state index contributed by atoms with van der Waals surface area (Å²) in [5.74, 6) is 0. The van der Waals surface area contributed by atoms with Crippen LogP contribution < -0.4 is 15.8 Å². The summed E-state index contributed by atoms with van der Waals surface area (Å²) in [4.78, 5) is 13.9. The lowest BCUT2D eigenvalue weighted by atomic mass is 10.2. The molecule has 0 radical (unpaired) electrons. The van der Waals surface area contributed by atoms with Crippen molar-refractivity contribution in [2.45, 2.75) is 46.2 Å². The molecule has 0 aromatic carbocycles. The van der Waals surface area contributed by atoms with Gasteiger partial charge in [0.15, 0.2) is 0 Å². The second-order valence-corrected chi connectivity index (χ2v) is 4.76. The van der Waals surface area contributed by atoms with Crippen LogP contribution in [0.25, 0.3) is 0 Å². The van der Waals surface area contributed by atoms with E-state index in [4.69, 9.17) is 0 Å². The maximum Gasteiger partial charge on any atom is 0.268 e. The predicted octanol–water partition coefficient (Wildman–Crippen LogP) is 1.48. The third-order valence-electron chi connectivity index (χ3n) is 3.51. The molecule has 1 aromatic rings. The SMILES string of the molecule is CCC(CC)NCCn1ncc(N(C)CC)cc1=O. The molecule has 0 saturated heterocycles. The van der Waals surface area contributed by atoms with Crippen LogP contribution in [0.3, 0.4) is 0 Å². The van der Waals surface area contributed by atoms with Gasteiger partial charge in [0, 0.05) is 32.2 Å². The molecule has 0 aliphatic heterocycles. The quantitative estimate of drug-likeness (QED) is 0.774. The van der Waals surface area contributed by atoms with E-state index in [0.717, 1.165) is 31.6 Å². The van der Waals surface area contributed by atoms with Crippen molar-refractivity contribution in [3.8, 4) is 0 Å². The van der Waals surface area contributed by atoms with Gasteiger partial charge in [0.1, 0.15) is 0 Å². The first-order chi connectivity index (χ1) is 9.12. The highest BCUT2D eigenvalue weighted by atomic mass is 16.1. The van der Waals surface area contributed by atoms with Crippen LogP contribution >= 0.6 is 0 Å². The van der Waals surface area contributed by atoms with Crippen molar-refractivity contribution in [3.05, 3.63) is 22.6 Å². The van der Waals surface area contributed by atoms with E-state index < -0.39 is 0 Å². The van der Waals surface area contributed by atoms with E-state index in [0.29, 0.717) is 12.6 Å². The average molecular weight is 266 g/mol. The molecule has 0 aliphatic rings. The lowest BCUT2D eigenvalue weighted by Gasteiger charge is -2.17. The van der Waals surface area contributed by atoms with Gasteiger partial charge in [-0.1, -0.05) is 13.8 Å². The number of rotatable bonds is 8. The van der Waals surface area contributed by atoms with E-state index in [1.165, 1.54) is 4.68 Å². The van der Waals surface area contributed by atoms with E-state index in [2.05, 4.69) is 24.3 Å². The fraction of sp³-hybridized carbons (Fsp3) is 0.714. The molecule has 0 unspecified atom stereocenters. The Kier molecular flexibility index (Phi) is 6.56. The minimum Gasteiger partial charge on any atom is -0.373 e. The van der Waals surface area contributed by atoms with Crippen molar-refractivity contribution in [2.75, 3.05) is 25.0 Å². The molecule has 0 saturated carbocycles. The van der Waals surface area contributed by atoms with Gasteiger partial charge in [-0.05, 0) is 19.8 Å². The minimum atomic E-state index is -0.0378. The van der Waals surface area contributed by atoms with Gasteiger partial charge in [-0.25, -0.2) is 4.68 Å². The topological polar surface area (TPSA) is 50.2 Å². The highest BCUT2D eigenvalue weighted by Crippen LogP contribution is 2.05. The van der Waals surface area contributed by atoms with Gasteiger partial charge in [0.25, 0.3) is 5.56 Å². The van der Waals surface area contributed by atoms with Crippen molar-refractivity contribution < 1.29 is 0 Å². The van der Waals surface area contributed by atoms with Gasteiger partial charge in [-0.15, -0.1) is 0 Å². The van der Waals surface area contributed by atoms with Crippen LogP contribution in [-0.2, 0) is 6.54 Å². The second-order valence-electron chi connectivity index (χ2n) is 4.76. The Balaban J connectivity index is 2.58. The Morgan fingerprint density at radius 3 is 2.58 bits per heavy atom. The third kappa shape index (κ3) is 4.67. The molecular weight excluding hydrogens is 240 g/mol. The third-order valence-corrected chi connectivity index (χ3v) is 3.51. The lowest BCUT2D eigenvalue weighted by Crippen LogP contribution is -2.34. The number of nitrogens with one attached hydrogen (secondary N) is 1. The molecule has 5 nitrogen and oxygen atoms in total. The summed E-state index contributed by atoms with van der Waals surface area (Å²) in [6, 6.07) is 2.18. The summed E-state index contributed by atoms with van der Waals surface area (Å²) >= 11 is 0. The van der Waals surface area contributed by atoms with Crippen LogP contribution in [0.15, 0.2) is 17.1 Å². The maximum absolute atomic E-state index is 11.9. The van der Waals surface area contributed by atoms with Crippen LogP contribution in [0.5, 0.6) is 0 Å². The first-order valence-electron chi connectivity index (χ1n) is 7.14. The first-order valence-corrected chi connectivity index (χ1v) is 7.14. The normalized spacial score (nSPS) is 11.0. The Labute approximate surface area is 115 Å². The molecule has 0 spiro atoms. The summed E-state index contributed by atoms with van der Waals surface area (Å²) in [5, 5.41) is 7.65. The summed E-state index contributed by atoms with van der Waals surface area (Å²) in [6.07, 6.45) is 3.97. The smallest absolute Gasteiger partial charge is 0.268 e. The van der Waals surface area contributed by atoms with E-state index in [-0.39, 0.29) is 5.56 Å². The maximum atomic E-state index is 11.9. The molecular formula is C14H26N4O. The van der Waals surface area contributed by atoms with Crippen molar-refractivity contribution in [1.82, 2.24) is 15.1 Å². The Hall–Kier alpha value is -1.36. The number of hydrogen-bond acceptors (Lipinski definition) is 4. The van der Waals surface area contributed by atoms with E-state index in [9.17, 15) is 4.79 Å². The highest BCUT2D eigenvalue weighted by Gasteiger charge is 2.05. The molecule has 5 heteroatoms. The van der Waals surface area contributed by atoms with Crippen molar-refractivity contribution in [2.24, 2.45) is 0 Å². The molecule has 0 bridgehead atoms. The number of aromatic nitrogens is 2. The van der Waals surface area contributed by atoms with Gasteiger partial charge in [-0.3, -0.25) is 4.79 Å². The van der Waals surface area contributed by atoms with Crippen LogP contribution in [0, 0.1) is 0 Å². The Morgan fingerprint density at radius 1 is 1.37 bits per heavy atom. The molecule has 0 fully saturated rings.